The normalized spacial score (nSPS) is 12.6. The van der Waals surface area contributed by atoms with Gasteiger partial charge in [0.1, 0.15) is 5.69 Å². The van der Waals surface area contributed by atoms with E-state index in [1.54, 1.807) is 14.1 Å². The van der Waals surface area contributed by atoms with Crippen molar-refractivity contribution in [2.75, 3.05) is 7.05 Å². The first kappa shape index (κ1) is 13.7. The number of nitrogens with zero attached hydrogens (tertiary/aromatic N) is 5. The maximum absolute atomic E-state index is 12.0. The Hall–Kier alpha value is -2.96. The monoisotopic (exact) mass is 308 g/mol. The number of aryl methyl sites for hydroxylation is 2. The molecule has 1 amide bonds. The number of rotatable bonds is 2. The third-order valence-electron chi connectivity index (χ3n) is 4.20. The van der Waals surface area contributed by atoms with E-state index in [2.05, 4.69) is 37.4 Å². The van der Waals surface area contributed by atoms with E-state index in [4.69, 9.17) is 0 Å². The van der Waals surface area contributed by atoms with Crippen molar-refractivity contribution in [2.45, 2.75) is 13.0 Å². The van der Waals surface area contributed by atoms with E-state index < -0.39 is 0 Å². The number of fused-ring (bicyclic) bond motifs is 3. The van der Waals surface area contributed by atoms with E-state index in [0.717, 1.165) is 29.8 Å². The molecule has 7 nitrogen and oxygen atoms in total. The molecule has 1 aliphatic rings. The van der Waals surface area contributed by atoms with Crippen molar-refractivity contribution < 1.29 is 4.79 Å². The fourth-order valence-corrected chi connectivity index (χ4v) is 3.07. The van der Waals surface area contributed by atoms with Crippen molar-refractivity contribution in [3.8, 4) is 22.6 Å². The van der Waals surface area contributed by atoms with Gasteiger partial charge in [-0.25, -0.2) is 0 Å². The molecule has 3 aromatic rings. The van der Waals surface area contributed by atoms with Crippen LogP contribution in [0, 0.1) is 0 Å². The van der Waals surface area contributed by atoms with Crippen molar-refractivity contribution in [2.24, 2.45) is 7.05 Å². The number of carbonyl (C=O) groups is 1. The summed E-state index contributed by atoms with van der Waals surface area (Å²) in [7, 11) is 3.40. The van der Waals surface area contributed by atoms with E-state index in [0.29, 0.717) is 11.5 Å². The molecule has 1 aromatic carbocycles. The maximum Gasteiger partial charge on any atom is 0.267 e. The number of hydrogen-bond acceptors (Lipinski definition) is 4. The standard InChI is InChI=1S/C16H16N6O/c1-17-16(23)14-6-5-13-12-9-11(15-18-20-21(2)19-15)4-3-10(12)7-8-22(13)14/h3-6,9H,7-8H2,1-2H3,(H,17,23). The second-order valence-electron chi connectivity index (χ2n) is 5.56. The van der Waals surface area contributed by atoms with Gasteiger partial charge in [0.05, 0.1) is 7.05 Å². The van der Waals surface area contributed by atoms with Crippen molar-refractivity contribution >= 4 is 5.91 Å². The van der Waals surface area contributed by atoms with Crippen LogP contribution in [0.2, 0.25) is 0 Å². The first-order valence-electron chi connectivity index (χ1n) is 7.46. The lowest BCUT2D eigenvalue weighted by Gasteiger charge is -2.21. The molecule has 2 aromatic heterocycles. The molecular weight excluding hydrogens is 292 g/mol. The molecule has 7 heteroatoms. The lowest BCUT2D eigenvalue weighted by molar-refractivity contribution is 0.0954. The maximum atomic E-state index is 12.0. The van der Waals surface area contributed by atoms with Gasteiger partial charge < -0.3 is 9.88 Å². The predicted molar refractivity (Wildman–Crippen MR) is 84.8 cm³/mol. The van der Waals surface area contributed by atoms with E-state index in [1.807, 2.05) is 18.2 Å². The van der Waals surface area contributed by atoms with Crippen LogP contribution in [0.3, 0.4) is 0 Å². The van der Waals surface area contributed by atoms with Gasteiger partial charge in [0, 0.05) is 30.4 Å². The lowest BCUT2D eigenvalue weighted by atomic mass is 9.96. The third kappa shape index (κ3) is 2.12. The molecular formula is C16H16N6O. The van der Waals surface area contributed by atoms with E-state index in [9.17, 15) is 4.79 Å². The summed E-state index contributed by atoms with van der Waals surface area (Å²) in [5, 5.41) is 14.9. The van der Waals surface area contributed by atoms with Crippen molar-refractivity contribution in [3.63, 3.8) is 0 Å². The molecule has 0 bridgehead atoms. The van der Waals surface area contributed by atoms with Gasteiger partial charge in [-0.15, -0.1) is 10.2 Å². The largest absolute Gasteiger partial charge is 0.354 e. The Morgan fingerprint density at radius 3 is 2.87 bits per heavy atom. The van der Waals surface area contributed by atoms with Gasteiger partial charge in [-0.1, -0.05) is 12.1 Å². The number of nitrogens with one attached hydrogen (secondary N) is 1. The summed E-state index contributed by atoms with van der Waals surface area (Å²) in [5.41, 5.74) is 5.06. The number of aromatic nitrogens is 5. The van der Waals surface area contributed by atoms with E-state index >= 15 is 0 Å². The first-order valence-corrected chi connectivity index (χ1v) is 7.46. The summed E-state index contributed by atoms with van der Waals surface area (Å²) in [6.07, 6.45) is 0.898. The fraction of sp³-hybridized carbons (Fsp3) is 0.250. The van der Waals surface area contributed by atoms with Crippen LogP contribution < -0.4 is 5.32 Å². The van der Waals surface area contributed by atoms with Gasteiger partial charge in [0.25, 0.3) is 5.91 Å². The smallest absolute Gasteiger partial charge is 0.267 e. The molecule has 23 heavy (non-hydrogen) atoms. The topological polar surface area (TPSA) is 77.6 Å². The Labute approximate surface area is 132 Å². The SMILES string of the molecule is CNC(=O)c1ccc2n1CCc1ccc(-c3nnn(C)n3)cc1-2. The molecule has 0 saturated heterocycles. The minimum absolute atomic E-state index is 0.0635. The number of tetrazole rings is 1. The van der Waals surface area contributed by atoms with Gasteiger partial charge in [-0.2, -0.15) is 4.80 Å². The zero-order valence-electron chi connectivity index (χ0n) is 12.9. The van der Waals surface area contributed by atoms with Crippen LogP contribution >= 0.6 is 0 Å². The highest BCUT2D eigenvalue weighted by atomic mass is 16.1. The molecule has 4 rings (SSSR count). The zero-order chi connectivity index (χ0) is 16.0. The van der Waals surface area contributed by atoms with E-state index in [1.165, 1.54) is 10.4 Å². The lowest BCUT2D eigenvalue weighted by Crippen LogP contribution is -2.23. The molecule has 1 N–H and O–H groups in total. The van der Waals surface area contributed by atoms with Gasteiger partial charge >= 0.3 is 0 Å². The van der Waals surface area contributed by atoms with Crippen molar-refractivity contribution in [1.82, 2.24) is 30.1 Å². The van der Waals surface area contributed by atoms with Crippen molar-refractivity contribution in [3.05, 3.63) is 41.6 Å². The Bertz CT molecular complexity index is 907. The van der Waals surface area contributed by atoms with Gasteiger partial charge in [0.15, 0.2) is 0 Å². The van der Waals surface area contributed by atoms with Gasteiger partial charge in [-0.3, -0.25) is 4.79 Å². The molecule has 0 aliphatic carbocycles. The number of benzene rings is 1. The van der Waals surface area contributed by atoms with Gasteiger partial charge in [0.2, 0.25) is 5.82 Å². The van der Waals surface area contributed by atoms with Crippen LogP contribution in [-0.2, 0) is 20.0 Å². The summed E-state index contributed by atoms with van der Waals surface area (Å²) in [4.78, 5) is 13.4. The highest BCUT2D eigenvalue weighted by Crippen LogP contribution is 2.34. The van der Waals surface area contributed by atoms with E-state index in [-0.39, 0.29) is 5.91 Å². The summed E-state index contributed by atoms with van der Waals surface area (Å²) >= 11 is 0. The first-order chi connectivity index (χ1) is 11.2. The summed E-state index contributed by atoms with van der Waals surface area (Å²) in [6.45, 7) is 0.806. The number of amides is 1. The molecule has 0 radical (unpaired) electrons. The van der Waals surface area contributed by atoms with Gasteiger partial charge in [-0.05, 0) is 35.4 Å². The second-order valence-corrected chi connectivity index (χ2v) is 5.56. The van der Waals surface area contributed by atoms with Crippen molar-refractivity contribution in [1.29, 1.82) is 0 Å². The Morgan fingerprint density at radius 1 is 1.26 bits per heavy atom. The third-order valence-corrected chi connectivity index (χ3v) is 4.20. The van der Waals surface area contributed by atoms with Crippen LogP contribution in [0.25, 0.3) is 22.6 Å². The van der Waals surface area contributed by atoms with Crippen LogP contribution in [-0.4, -0.2) is 37.7 Å². The summed E-state index contributed by atoms with van der Waals surface area (Å²) in [6, 6.07) is 10.1. The van der Waals surface area contributed by atoms with Crippen LogP contribution in [0.15, 0.2) is 30.3 Å². The molecule has 0 saturated carbocycles. The average molecular weight is 308 g/mol. The fourth-order valence-electron chi connectivity index (χ4n) is 3.07. The summed E-state index contributed by atoms with van der Waals surface area (Å²) < 4.78 is 2.06. The summed E-state index contributed by atoms with van der Waals surface area (Å²) in [5.74, 6) is 0.539. The van der Waals surface area contributed by atoms with Crippen LogP contribution in [0.5, 0.6) is 0 Å². The molecule has 0 unspecified atom stereocenters. The quantitative estimate of drug-likeness (QED) is 0.773. The molecule has 1 aliphatic heterocycles. The Balaban J connectivity index is 1.83. The van der Waals surface area contributed by atoms with Crippen LogP contribution in [0.4, 0.5) is 0 Å². The minimum Gasteiger partial charge on any atom is -0.354 e. The average Bonchev–Trinajstić information content (AvgIpc) is 3.20. The Morgan fingerprint density at radius 2 is 2.13 bits per heavy atom. The van der Waals surface area contributed by atoms with Crippen LogP contribution in [0.1, 0.15) is 16.1 Å². The molecule has 0 atom stereocenters. The molecule has 0 spiro atoms. The zero-order valence-corrected chi connectivity index (χ0v) is 12.9. The molecule has 0 fully saturated rings. The number of hydrogen-bond donors (Lipinski definition) is 1. The second kappa shape index (κ2) is 5.05. The predicted octanol–water partition coefficient (Wildman–Crippen LogP) is 1.26. The highest BCUT2D eigenvalue weighted by molar-refractivity contribution is 5.94. The molecule has 3 heterocycles. The molecule has 116 valence electrons. The highest BCUT2D eigenvalue weighted by Gasteiger charge is 2.22. The minimum atomic E-state index is -0.0635. The number of carbonyl (C=O) groups excluding carboxylic acids is 1. The Kier molecular flexibility index (Phi) is 3.00.